The van der Waals surface area contributed by atoms with Crippen LogP contribution < -0.4 is 14.8 Å². The summed E-state index contributed by atoms with van der Waals surface area (Å²) in [5.41, 5.74) is 0.901. The first kappa shape index (κ1) is 17.3. The second-order valence-electron chi connectivity index (χ2n) is 4.62. The zero-order valence-corrected chi connectivity index (χ0v) is 13.3. The lowest BCUT2D eigenvalue weighted by atomic mass is 10.0. The van der Waals surface area contributed by atoms with Crippen LogP contribution in [0.3, 0.4) is 0 Å². The molecule has 21 heavy (non-hydrogen) atoms. The summed E-state index contributed by atoms with van der Waals surface area (Å²) in [7, 11) is 3.23. The van der Waals surface area contributed by atoms with Crippen LogP contribution in [0, 0.1) is 0 Å². The summed E-state index contributed by atoms with van der Waals surface area (Å²) in [5.74, 6) is 1.24. The summed E-state index contributed by atoms with van der Waals surface area (Å²) in [6, 6.07) is 5.42. The zero-order valence-electron chi connectivity index (χ0n) is 13.3. The molecule has 1 unspecified atom stereocenters. The summed E-state index contributed by atoms with van der Waals surface area (Å²) in [5, 5.41) is 3.36. The van der Waals surface area contributed by atoms with E-state index in [-0.39, 0.29) is 18.4 Å². The Labute approximate surface area is 126 Å². The van der Waals surface area contributed by atoms with E-state index >= 15 is 0 Å². The van der Waals surface area contributed by atoms with E-state index in [1.807, 2.05) is 18.2 Å². The fourth-order valence-electron chi connectivity index (χ4n) is 2.11. The van der Waals surface area contributed by atoms with Gasteiger partial charge in [-0.3, -0.25) is 4.79 Å². The van der Waals surface area contributed by atoms with Gasteiger partial charge in [-0.05, 0) is 38.1 Å². The van der Waals surface area contributed by atoms with Crippen molar-refractivity contribution < 1.29 is 19.0 Å². The van der Waals surface area contributed by atoms with Gasteiger partial charge in [0.25, 0.3) is 0 Å². The smallest absolute Gasteiger partial charge is 0.307 e. The molecule has 118 valence electrons. The van der Waals surface area contributed by atoms with Crippen LogP contribution in [0.2, 0.25) is 0 Å². The van der Waals surface area contributed by atoms with Crippen LogP contribution in [-0.2, 0) is 9.53 Å². The third-order valence-corrected chi connectivity index (χ3v) is 3.13. The Morgan fingerprint density at radius 1 is 1.24 bits per heavy atom. The summed E-state index contributed by atoms with van der Waals surface area (Å²) < 4.78 is 15.7. The van der Waals surface area contributed by atoms with Crippen molar-refractivity contribution in [2.24, 2.45) is 0 Å². The van der Waals surface area contributed by atoms with E-state index in [4.69, 9.17) is 14.2 Å². The Balaban J connectivity index is 3.02. The van der Waals surface area contributed by atoms with Gasteiger partial charge in [-0.1, -0.05) is 6.92 Å². The van der Waals surface area contributed by atoms with Crippen molar-refractivity contribution >= 4 is 5.97 Å². The predicted molar refractivity (Wildman–Crippen MR) is 81.8 cm³/mol. The molecule has 0 bridgehead atoms. The van der Waals surface area contributed by atoms with E-state index < -0.39 is 0 Å². The number of nitrogens with one attached hydrogen (secondary N) is 1. The molecule has 1 N–H and O–H groups in total. The highest BCUT2D eigenvalue weighted by molar-refractivity contribution is 5.70. The van der Waals surface area contributed by atoms with E-state index in [2.05, 4.69) is 12.2 Å². The number of methoxy groups -OCH3 is 2. The molecule has 1 atom stereocenters. The number of carbonyl (C=O) groups is 1. The van der Waals surface area contributed by atoms with Gasteiger partial charge < -0.3 is 19.5 Å². The zero-order chi connectivity index (χ0) is 15.7. The number of rotatable bonds is 9. The van der Waals surface area contributed by atoms with Gasteiger partial charge in [-0.2, -0.15) is 0 Å². The highest BCUT2D eigenvalue weighted by atomic mass is 16.5. The molecule has 0 spiro atoms. The quantitative estimate of drug-likeness (QED) is 0.710. The third-order valence-electron chi connectivity index (χ3n) is 3.13. The first-order valence-corrected chi connectivity index (χ1v) is 7.27. The molecule has 0 saturated heterocycles. The molecule has 5 heteroatoms. The minimum atomic E-state index is -0.226. The first-order valence-electron chi connectivity index (χ1n) is 7.27. The Bertz CT molecular complexity index is 448. The SMILES string of the molecule is CCCNC(CC(=O)OCC)c1cc(OC)ccc1OC. The predicted octanol–water partition coefficient (Wildman–Crippen LogP) is 2.70. The second kappa shape index (κ2) is 9.23. The highest BCUT2D eigenvalue weighted by Crippen LogP contribution is 2.31. The van der Waals surface area contributed by atoms with Crippen LogP contribution in [0.5, 0.6) is 11.5 Å². The Morgan fingerprint density at radius 3 is 2.57 bits per heavy atom. The topological polar surface area (TPSA) is 56.8 Å². The molecule has 0 aromatic heterocycles. The lowest BCUT2D eigenvalue weighted by molar-refractivity contribution is -0.143. The molecule has 0 amide bonds. The third kappa shape index (κ3) is 5.27. The minimum absolute atomic E-state index is 0.158. The molecule has 0 fully saturated rings. The maximum absolute atomic E-state index is 11.8. The summed E-state index contributed by atoms with van der Waals surface area (Å²) in [4.78, 5) is 11.8. The van der Waals surface area contributed by atoms with Crippen LogP contribution in [0.4, 0.5) is 0 Å². The van der Waals surface area contributed by atoms with Gasteiger partial charge in [0.2, 0.25) is 0 Å². The number of ether oxygens (including phenoxy) is 3. The van der Waals surface area contributed by atoms with E-state index in [1.165, 1.54) is 0 Å². The number of hydrogen-bond acceptors (Lipinski definition) is 5. The van der Waals surface area contributed by atoms with Gasteiger partial charge in [0.15, 0.2) is 0 Å². The second-order valence-corrected chi connectivity index (χ2v) is 4.62. The molecule has 0 radical (unpaired) electrons. The normalized spacial score (nSPS) is 11.8. The van der Waals surface area contributed by atoms with Crippen LogP contribution in [-0.4, -0.2) is 33.3 Å². The van der Waals surface area contributed by atoms with Gasteiger partial charge in [-0.15, -0.1) is 0 Å². The van der Waals surface area contributed by atoms with E-state index in [1.54, 1.807) is 21.1 Å². The molecule has 1 aromatic carbocycles. The molecule has 0 saturated carbocycles. The highest BCUT2D eigenvalue weighted by Gasteiger charge is 2.20. The van der Waals surface area contributed by atoms with Gasteiger partial charge in [0, 0.05) is 11.6 Å². The van der Waals surface area contributed by atoms with Crippen LogP contribution in [0.25, 0.3) is 0 Å². The Morgan fingerprint density at radius 2 is 2.00 bits per heavy atom. The summed E-state index contributed by atoms with van der Waals surface area (Å²) in [6.07, 6.45) is 1.24. The van der Waals surface area contributed by atoms with Crippen molar-refractivity contribution in [2.45, 2.75) is 32.7 Å². The molecule has 0 aliphatic carbocycles. The lowest BCUT2D eigenvalue weighted by Gasteiger charge is -2.21. The molecular weight excluding hydrogens is 270 g/mol. The van der Waals surface area contributed by atoms with Gasteiger partial charge in [0.05, 0.1) is 27.2 Å². The van der Waals surface area contributed by atoms with E-state index in [0.717, 1.165) is 30.0 Å². The van der Waals surface area contributed by atoms with E-state index in [9.17, 15) is 4.79 Å². The molecule has 1 rings (SSSR count). The molecule has 0 heterocycles. The summed E-state index contributed by atoms with van der Waals surface area (Å²) >= 11 is 0. The van der Waals surface area contributed by atoms with Crippen LogP contribution >= 0.6 is 0 Å². The standard InChI is InChI=1S/C16H25NO4/c1-5-9-17-14(11-16(18)21-6-2)13-10-12(19-3)7-8-15(13)20-4/h7-8,10,14,17H,5-6,9,11H2,1-4H3. The molecule has 5 nitrogen and oxygen atoms in total. The number of hydrogen-bond donors (Lipinski definition) is 1. The fourth-order valence-corrected chi connectivity index (χ4v) is 2.11. The first-order chi connectivity index (χ1) is 10.2. The largest absolute Gasteiger partial charge is 0.497 e. The number of carbonyl (C=O) groups excluding carboxylic acids is 1. The maximum Gasteiger partial charge on any atom is 0.307 e. The van der Waals surface area contributed by atoms with Gasteiger partial charge in [0.1, 0.15) is 11.5 Å². The fraction of sp³-hybridized carbons (Fsp3) is 0.562. The van der Waals surface area contributed by atoms with Crippen molar-refractivity contribution in [1.82, 2.24) is 5.32 Å². The van der Waals surface area contributed by atoms with Crippen molar-refractivity contribution in [1.29, 1.82) is 0 Å². The number of esters is 1. The van der Waals surface area contributed by atoms with Crippen LogP contribution in [0.1, 0.15) is 38.3 Å². The van der Waals surface area contributed by atoms with Crippen molar-refractivity contribution in [3.05, 3.63) is 23.8 Å². The van der Waals surface area contributed by atoms with Crippen molar-refractivity contribution in [2.75, 3.05) is 27.4 Å². The Hall–Kier alpha value is -1.75. The average molecular weight is 295 g/mol. The molecular formula is C16H25NO4. The number of benzene rings is 1. The Kier molecular flexibility index (Phi) is 7.61. The van der Waals surface area contributed by atoms with Crippen LogP contribution in [0.15, 0.2) is 18.2 Å². The molecule has 0 aliphatic heterocycles. The van der Waals surface area contributed by atoms with Gasteiger partial charge in [-0.25, -0.2) is 0 Å². The average Bonchev–Trinajstić information content (AvgIpc) is 2.51. The van der Waals surface area contributed by atoms with Crippen molar-refractivity contribution in [3.8, 4) is 11.5 Å². The lowest BCUT2D eigenvalue weighted by Crippen LogP contribution is -2.26. The van der Waals surface area contributed by atoms with Crippen molar-refractivity contribution in [3.63, 3.8) is 0 Å². The van der Waals surface area contributed by atoms with Gasteiger partial charge >= 0.3 is 5.97 Å². The maximum atomic E-state index is 11.8. The summed E-state index contributed by atoms with van der Waals surface area (Å²) in [6.45, 7) is 5.08. The monoisotopic (exact) mass is 295 g/mol. The molecule has 0 aliphatic rings. The van der Waals surface area contributed by atoms with E-state index in [0.29, 0.717) is 6.61 Å². The molecule has 1 aromatic rings. The minimum Gasteiger partial charge on any atom is -0.497 e.